The molecule has 0 aromatic carbocycles. The number of carbonyl (C=O) groups is 3. The van der Waals surface area contributed by atoms with Crippen molar-refractivity contribution in [2.24, 2.45) is 0 Å². The highest BCUT2D eigenvalue weighted by Gasteiger charge is 2.29. The first kappa shape index (κ1) is 98.7. The van der Waals surface area contributed by atoms with Crippen LogP contribution in [0.25, 0.3) is 0 Å². The van der Waals surface area contributed by atoms with Gasteiger partial charge in [0.15, 0.2) is 6.10 Å². The average Bonchev–Trinajstić information content (AvgIpc) is 0.924. The van der Waals surface area contributed by atoms with Gasteiger partial charge in [0.05, 0.1) is 26.4 Å². The molecule has 5 atom stereocenters. The van der Waals surface area contributed by atoms with Crippen molar-refractivity contribution >= 4 is 33.6 Å². The maximum atomic E-state index is 13.0. The minimum Gasteiger partial charge on any atom is -0.463 e. The van der Waals surface area contributed by atoms with E-state index in [-0.39, 0.29) is 19.3 Å². The lowest BCUT2D eigenvalue weighted by atomic mass is 10.0. The van der Waals surface area contributed by atoms with Crippen LogP contribution in [0.15, 0.2) is 134 Å². The molecule has 0 aliphatic heterocycles. The van der Waals surface area contributed by atoms with Gasteiger partial charge in [0.1, 0.15) is 25.4 Å². The Kier molecular flexibility index (Phi) is 74.1. The van der Waals surface area contributed by atoms with E-state index < -0.39 is 91.5 Å². The number of unbranched alkanes of at least 4 members (excludes halogenated alkanes) is 31. The fourth-order valence-corrected chi connectivity index (χ4v) is 12.3. The minimum absolute atomic E-state index is 0.0823. The van der Waals surface area contributed by atoms with Gasteiger partial charge in [-0.2, -0.15) is 0 Å². The Morgan fingerprint density at radius 1 is 0.282 bits per heavy atom. The second-order valence-electron chi connectivity index (χ2n) is 26.8. The largest absolute Gasteiger partial charge is 0.472 e. The fraction of sp³-hybridized carbons (Fsp3) is 0.706. The monoisotopic (exact) mass is 1490 g/mol. The van der Waals surface area contributed by atoms with Crippen molar-refractivity contribution in [2.45, 2.75) is 347 Å². The van der Waals surface area contributed by atoms with Crippen molar-refractivity contribution < 1.29 is 75.8 Å². The minimum atomic E-state index is -4.94. The summed E-state index contributed by atoms with van der Waals surface area (Å²) in [5, 5.41) is 20.6. The smallest absolute Gasteiger partial charge is 0.463 e. The predicted molar refractivity (Wildman–Crippen MR) is 426 cm³/mol. The Morgan fingerprint density at radius 2 is 0.515 bits per heavy atom. The van der Waals surface area contributed by atoms with Crippen molar-refractivity contribution in [3.05, 3.63) is 134 Å². The lowest BCUT2D eigenvalue weighted by molar-refractivity contribution is -0.161. The number of hydrogen-bond donors (Lipinski definition) is 4. The van der Waals surface area contributed by atoms with Crippen molar-refractivity contribution in [3.8, 4) is 0 Å². The van der Waals surface area contributed by atoms with Crippen molar-refractivity contribution in [1.82, 2.24) is 0 Å². The first-order valence-corrected chi connectivity index (χ1v) is 43.5. The standard InChI is InChI=1S/C85H146O16P2/c1-4-7-10-13-16-19-22-25-28-30-32-34-35-36-37-38-39-40-41-42-43-45-47-48-51-53-56-59-62-65-68-71-83(88)95-74-80(86)75-97-102(91,92)98-76-81(87)77-99-103(93,94)100-79-82(101-85(90)73-70-67-64-61-58-55-50-27-24-21-18-15-12-9-6-3)78-96-84(89)72-69-66-63-60-57-54-52-49-46-44-33-31-29-26-23-20-17-14-11-8-5-2/h8,11,16-17,19-20,25-29,32-34,36-37,44,49-50,52,57,60,80-82,86-87H,4-7,9-10,12-15,18,21-24,30-31,35,38-43,45-48,51,53-56,58-59,61-79H2,1-3H3,(H,91,92)(H,93,94)/b11-8-,19-16-,20-17-,28-25-,29-26-,34-32-,37-36-,44-33-,50-27-,52-49-,60-57-. The zero-order chi connectivity index (χ0) is 75.2. The summed E-state index contributed by atoms with van der Waals surface area (Å²) >= 11 is 0. The van der Waals surface area contributed by atoms with E-state index in [4.69, 9.17) is 32.3 Å². The van der Waals surface area contributed by atoms with Gasteiger partial charge < -0.3 is 34.2 Å². The first-order valence-electron chi connectivity index (χ1n) is 40.5. The summed E-state index contributed by atoms with van der Waals surface area (Å²) in [5.74, 6) is -1.63. The number of phosphoric ester groups is 2. The van der Waals surface area contributed by atoms with Crippen LogP contribution in [0.1, 0.15) is 329 Å². The van der Waals surface area contributed by atoms with E-state index in [1.54, 1.807) is 0 Å². The molecule has 0 amide bonds. The number of carbonyl (C=O) groups excluding carboxylic acids is 3. The molecule has 0 heterocycles. The van der Waals surface area contributed by atoms with Gasteiger partial charge in [-0.3, -0.25) is 32.5 Å². The fourth-order valence-electron chi connectivity index (χ4n) is 10.7. The molecule has 103 heavy (non-hydrogen) atoms. The number of hydrogen-bond acceptors (Lipinski definition) is 14. The van der Waals surface area contributed by atoms with E-state index in [1.165, 1.54) is 141 Å². The molecule has 0 radical (unpaired) electrons. The molecule has 0 aliphatic carbocycles. The molecule has 592 valence electrons. The molecule has 0 aromatic heterocycles. The molecular formula is C85H146O16P2. The molecule has 0 saturated carbocycles. The van der Waals surface area contributed by atoms with Gasteiger partial charge in [0.2, 0.25) is 0 Å². The lowest BCUT2D eigenvalue weighted by Crippen LogP contribution is -2.30. The van der Waals surface area contributed by atoms with Crippen LogP contribution in [0.5, 0.6) is 0 Å². The topological polar surface area (TPSA) is 231 Å². The van der Waals surface area contributed by atoms with Crippen LogP contribution in [0.2, 0.25) is 0 Å². The van der Waals surface area contributed by atoms with Crippen LogP contribution in [0.3, 0.4) is 0 Å². The van der Waals surface area contributed by atoms with Gasteiger partial charge in [-0.1, -0.05) is 302 Å². The average molecular weight is 1490 g/mol. The number of rotatable bonds is 76. The summed E-state index contributed by atoms with van der Waals surface area (Å²) in [4.78, 5) is 58.6. The van der Waals surface area contributed by atoms with Crippen LogP contribution < -0.4 is 0 Å². The summed E-state index contributed by atoms with van der Waals surface area (Å²) in [5.41, 5.74) is 0. The summed E-state index contributed by atoms with van der Waals surface area (Å²) < 4.78 is 61.1. The molecule has 0 aliphatic rings. The van der Waals surface area contributed by atoms with Gasteiger partial charge in [0, 0.05) is 19.3 Å². The molecule has 5 unspecified atom stereocenters. The van der Waals surface area contributed by atoms with Gasteiger partial charge in [0.25, 0.3) is 0 Å². The highest BCUT2D eigenvalue weighted by atomic mass is 31.2. The summed E-state index contributed by atoms with van der Waals surface area (Å²) in [6.07, 6.45) is 93.7. The van der Waals surface area contributed by atoms with Gasteiger partial charge >= 0.3 is 33.6 Å². The van der Waals surface area contributed by atoms with E-state index in [1.807, 2.05) is 0 Å². The van der Waals surface area contributed by atoms with Crippen LogP contribution in [0, 0.1) is 0 Å². The Hall–Kier alpha value is -4.31. The Bertz CT molecular complexity index is 2410. The second kappa shape index (κ2) is 77.3. The Morgan fingerprint density at radius 3 is 0.864 bits per heavy atom. The lowest BCUT2D eigenvalue weighted by Gasteiger charge is -2.21. The van der Waals surface area contributed by atoms with Crippen molar-refractivity contribution in [1.29, 1.82) is 0 Å². The Labute approximate surface area is 626 Å². The van der Waals surface area contributed by atoms with Crippen LogP contribution in [-0.4, -0.2) is 95.9 Å². The summed E-state index contributed by atoms with van der Waals surface area (Å²) in [7, 11) is -9.81. The molecule has 0 bridgehead atoms. The van der Waals surface area contributed by atoms with Crippen LogP contribution in [-0.2, 0) is 55.8 Å². The number of allylic oxidation sites excluding steroid dienone is 22. The van der Waals surface area contributed by atoms with Gasteiger partial charge in [-0.25, -0.2) is 9.13 Å². The highest BCUT2D eigenvalue weighted by molar-refractivity contribution is 7.47. The summed E-state index contributed by atoms with van der Waals surface area (Å²) in [6, 6.07) is 0. The molecule has 0 saturated heterocycles. The maximum absolute atomic E-state index is 13.0. The molecule has 18 heteroatoms. The zero-order valence-corrected chi connectivity index (χ0v) is 66.5. The maximum Gasteiger partial charge on any atom is 0.472 e. The number of aliphatic hydroxyl groups excluding tert-OH is 2. The van der Waals surface area contributed by atoms with E-state index in [0.717, 1.165) is 128 Å². The van der Waals surface area contributed by atoms with E-state index >= 15 is 0 Å². The van der Waals surface area contributed by atoms with Crippen LogP contribution >= 0.6 is 15.6 Å². The molecule has 16 nitrogen and oxygen atoms in total. The number of ether oxygens (including phenoxy) is 3. The zero-order valence-electron chi connectivity index (χ0n) is 64.7. The third kappa shape index (κ3) is 78.6. The highest BCUT2D eigenvalue weighted by Crippen LogP contribution is 2.45. The van der Waals surface area contributed by atoms with Crippen molar-refractivity contribution in [2.75, 3.05) is 39.6 Å². The van der Waals surface area contributed by atoms with Gasteiger partial charge in [-0.05, 0) is 141 Å². The predicted octanol–water partition coefficient (Wildman–Crippen LogP) is 23.9. The SMILES string of the molecule is CC/C=C\C/C=C\C/C=C\C/C=C\C/C=C\C/C=C\CCCCC(=O)OCC(COP(=O)(O)OCC(O)COP(=O)(O)OCC(O)COC(=O)CCCCCCCCCCCCCCCCC/C=C\C/C=C\C/C=C\C/C=C\CCCCC)OC(=O)CCCCCCC/C=C\CCCCCCCC. The first-order chi connectivity index (χ1) is 50.2. The van der Waals surface area contributed by atoms with Gasteiger partial charge in [-0.15, -0.1) is 0 Å². The summed E-state index contributed by atoms with van der Waals surface area (Å²) in [6.45, 7) is 2.49. The van der Waals surface area contributed by atoms with Crippen molar-refractivity contribution in [3.63, 3.8) is 0 Å². The molecule has 0 fully saturated rings. The third-order valence-corrected chi connectivity index (χ3v) is 18.7. The Balaban J connectivity index is 4.53. The van der Waals surface area contributed by atoms with E-state index in [9.17, 15) is 43.5 Å². The normalized spacial score (nSPS) is 14.7. The molecular weight excluding hydrogens is 1340 g/mol. The van der Waals surface area contributed by atoms with E-state index in [2.05, 4.69) is 154 Å². The quantitative estimate of drug-likeness (QED) is 0.0146. The van der Waals surface area contributed by atoms with E-state index in [0.29, 0.717) is 19.3 Å². The molecule has 0 aromatic rings. The molecule has 0 rings (SSSR count). The third-order valence-electron chi connectivity index (χ3n) is 16.8. The van der Waals surface area contributed by atoms with Crippen LogP contribution in [0.4, 0.5) is 0 Å². The number of phosphoric acid groups is 2. The molecule has 0 spiro atoms. The number of esters is 3. The molecule has 4 N–H and O–H groups in total. The number of aliphatic hydroxyl groups is 2. The second-order valence-corrected chi connectivity index (χ2v) is 29.7.